The van der Waals surface area contributed by atoms with Crippen LogP contribution in [0.3, 0.4) is 0 Å². The predicted octanol–water partition coefficient (Wildman–Crippen LogP) is 2.09. The molecule has 0 saturated carbocycles. The topological polar surface area (TPSA) is 108 Å². The normalized spacial score (nSPS) is 14.7. The van der Waals surface area contributed by atoms with Gasteiger partial charge in [0.1, 0.15) is 11.6 Å². The van der Waals surface area contributed by atoms with E-state index in [4.69, 9.17) is 10.5 Å². The fraction of sp³-hybridized carbons (Fsp3) is 0.474. The molecule has 1 aliphatic heterocycles. The van der Waals surface area contributed by atoms with Crippen LogP contribution < -0.4 is 11.1 Å². The number of primary amides is 1. The van der Waals surface area contributed by atoms with E-state index in [0.29, 0.717) is 36.2 Å². The summed E-state index contributed by atoms with van der Waals surface area (Å²) in [5.74, 6) is 0.529. The zero-order valence-corrected chi connectivity index (χ0v) is 15.8. The van der Waals surface area contributed by atoms with Gasteiger partial charge in [-0.2, -0.15) is 5.10 Å². The molecular formula is C19H26N6O2. The maximum absolute atomic E-state index is 11.6. The van der Waals surface area contributed by atoms with Gasteiger partial charge in [0.15, 0.2) is 0 Å². The Bertz CT molecular complexity index is 819. The quantitative estimate of drug-likeness (QED) is 0.723. The van der Waals surface area contributed by atoms with Gasteiger partial charge in [-0.25, -0.2) is 9.97 Å². The van der Waals surface area contributed by atoms with Gasteiger partial charge in [0, 0.05) is 38.6 Å². The fourth-order valence-corrected chi connectivity index (χ4v) is 2.97. The Kier molecular flexibility index (Phi) is 6.18. The summed E-state index contributed by atoms with van der Waals surface area (Å²) in [6.45, 7) is 6.15. The molecule has 1 aliphatic rings. The molecule has 1 amide bonds. The number of rotatable bonds is 7. The van der Waals surface area contributed by atoms with E-state index < -0.39 is 5.91 Å². The van der Waals surface area contributed by atoms with Crippen molar-refractivity contribution in [3.05, 3.63) is 47.2 Å². The first-order valence-electron chi connectivity index (χ1n) is 9.16. The molecule has 0 atom stereocenters. The van der Waals surface area contributed by atoms with Crippen molar-refractivity contribution in [2.45, 2.75) is 39.2 Å². The molecule has 8 heteroatoms. The fourth-order valence-electron chi connectivity index (χ4n) is 2.97. The van der Waals surface area contributed by atoms with Gasteiger partial charge in [-0.15, -0.1) is 0 Å². The van der Waals surface area contributed by atoms with E-state index in [1.54, 1.807) is 0 Å². The average Bonchev–Trinajstić information content (AvgIpc) is 3.10. The van der Waals surface area contributed by atoms with Crippen LogP contribution in [0.1, 0.15) is 54.5 Å². The largest absolute Gasteiger partial charge is 0.381 e. The highest BCUT2D eigenvalue weighted by atomic mass is 16.5. The molecule has 2 aromatic rings. The van der Waals surface area contributed by atoms with Crippen molar-refractivity contribution < 1.29 is 9.53 Å². The summed E-state index contributed by atoms with van der Waals surface area (Å²) in [5, 5.41) is 7.63. The summed E-state index contributed by atoms with van der Waals surface area (Å²) in [6, 6.07) is 0.381. The summed E-state index contributed by atoms with van der Waals surface area (Å²) < 4.78 is 7.41. The van der Waals surface area contributed by atoms with Crippen molar-refractivity contribution in [2.75, 3.05) is 25.1 Å². The van der Waals surface area contributed by atoms with Crippen molar-refractivity contribution >= 4 is 11.7 Å². The molecule has 144 valence electrons. The third kappa shape index (κ3) is 5.13. The Balaban J connectivity index is 1.73. The Morgan fingerprint density at radius 3 is 2.85 bits per heavy atom. The maximum Gasteiger partial charge on any atom is 0.254 e. The minimum absolute atomic E-state index is 0.291. The van der Waals surface area contributed by atoms with E-state index >= 15 is 0 Å². The lowest BCUT2D eigenvalue weighted by molar-refractivity contribution is 0.0662. The highest BCUT2D eigenvalue weighted by Crippen LogP contribution is 2.21. The van der Waals surface area contributed by atoms with Gasteiger partial charge in [0.05, 0.1) is 17.8 Å². The number of allylic oxidation sites excluding steroid dienone is 1. The molecule has 0 spiro atoms. The molecule has 0 aromatic carbocycles. The molecule has 1 fully saturated rings. The van der Waals surface area contributed by atoms with Crippen LogP contribution >= 0.6 is 0 Å². The molecule has 8 nitrogen and oxygen atoms in total. The number of carbonyl (C=O) groups is 1. The summed E-state index contributed by atoms with van der Waals surface area (Å²) in [4.78, 5) is 20.4. The first-order chi connectivity index (χ1) is 13.0. The smallest absolute Gasteiger partial charge is 0.254 e. The van der Waals surface area contributed by atoms with E-state index in [0.717, 1.165) is 31.6 Å². The third-order valence-corrected chi connectivity index (χ3v) is 4.47. The summed E-state index contributed by atoms with van der Waals surface area (Å²) >= 11 is 0. The molecule has 2 aromatic heterocycles. The van der Waals surface area contributed by atoms with Crippen LogP contribution in [-0.2, 0) is 11.2 Å². The van der Waals surface area contributed by atoms with E-state index in [1.807, 2.05) is 37.0 Å². The number of nitrogens with one attached hydrogen (secondary N) is 1. The molecule has 0 radical (unpaired) electrons. The van der Waals surface area contributed by atoms with Crippen LogP contribution in [0.5, 0.6) is 0 Å². The van der Waals surface area contributed by atoms with Gasteiger partial charge < -0.3 is 15.8 Å². The lowest BCUT2D eigenvalue weighted by atomic mass is 10.1. The molecule has 27 heavy (non-hydrogen) atoms. The van der Waals surface area contributed by atoms with Gasteiger partial charge >= 0.3 is 0 Å². The molecular weight excluding hydrogens is 344 g/mol. The monoisotopic (exact) mass is 370 g/mol. The Morgan fingerprint density at radius 2 is 2.15 bits per heavy atom. The van der Waals surface area contributed by atoms with E-state index in [9.17, 15) is 4.79 Å². The number of anilines is 1. The van der Waals surface area contributed by atoms with Crippen LogP contribution in [0.2, 0.25) is 0 Å². The van der Waals surface area contributed by atoms with Crippen LogP contribution in [0, 0.1) is 0 Å². The van der Waals surface area contributed by atoms with Gasteiger partial charge in [0.2, 0.25) is 0 Å². The summed E-state index contributed by atoms with van der Waals surface area (Å²) in [6.07, 6.45) is 9.88. The Hall–Kier alpha value is -2.74. The zero-order valence-electron chi connectivity index (χ0n) is 15.8. The highest BCUT2D eigenvalue weighted by molar-refractivity contribution is 5.97. The van der Waals surface area contributed by atoms with Crippen molar-refractivity contribution in [2.24, 2.45) is 5.73 Å². The minimum atomic E-state index is -0.548. The van der Waals surface area contributed by atoms with Crippen LogP contribution in [0.15, 0.2) is 30.2 Å². The molecule has 0 unspecified atom stereocenters. The molecule has 0 aliphatic carbocycles. The molecule has 3 heterocycles. The summed E-state index contributed by atoms with van der Waals surface area (Å²) in [5.41, 5.74) is 7.94. The average molecular weight is 370 g/mol. The number of nitrogens with two attached hydrogens (primary N) is 1. The highest BCUT2D eigenvalue weighted by Gasteiger charge is 2.17. The van der Waals surface area contributed by atoms with Crippen molar-refractivity contribution in [3.8, 4) is 0 Å². The van der Waals surface area contributed by atoms with Crippen LogP contribution in [0.4, 0.5) is 5.82 Å². The standard InChI is InChI=1S/C19H26N6O2/c1-13(2)3-6-21-19-16(18(20)26)11-22-17(24-19)9-14-10-23-25(12-14)15-4-7-27-8-5-15/h3,10-12,15H,4-9H2,1-2H3,(H2,20,26)(H,21,22,24). The first kappa shape index (κ1) is 19.0. The maximum atomic E-state index is 11.6. The van der Waals surface area contributed by atoms with Crippen molar-refractivity contribution in [1.82, 2.24) is 19.7 Å². The zero-order chi connectivity index (χ0) is 19.2. The second kappa shape index (κ2) is 8.77. The lowest BCUT2D eigenvalue weighted by Crippen LogP contribution is -2.19. The number of hydrogen-bond acceptors (Lipinski definition) is 6. The van der Waals surface area contributed by atoms with E-state index in [-0.39, 0.29) is 0 Å². The second-order valence-electron chi connectivity index (χ2n) is 6.92. The predicted molar refractivity (Wildman–Crippen MR) is 103 cm³/mol. The van der Waals surface area contributed by atoms with Gasteiger partial charge in [-0.05, 0) is 32.3 Å². The van der Waals surface area contributed by atoms with Gasteiger partial charge in [0.25, 0.3) is 5.91 Å². The van der Waals surface area contributed by atoms with Crippen molar-refractivity contribution in [1.29, 1.82) is 0 Å². The van der Waals surface area contributed by atoms with Crippen LogP contribution in [0.25, 0.3) is 0 Å². The number of aromatic nitrogens is 4. The SMILES string of the molecule is CC(C)=CCNc1nc(Cc2cnn(C3CCOCC3)c2)ncc1C(N)=O. The van der Waals surface area contributed by atoms with Gasteiger partial charge in [-0.1, -0.05) is 11.6 Å². The Morgan fingerprint density at radius 1 is 1.37 bits per heavy atom. The van der Waals surface area contributed by atoms with E-state index in [2.05, 4.69) is 20.4 Å². The molecule has 0 bridgehead atoms. The van der Waals surface area contributed by atoms with Crippen molar-refractivity contribution in [3.63, 3.8) is 0 Å². The van der Waals surface area contributed by atoms with Crippen LogP contribution in [-0.4, -0.2) is 45.4 Å². The van der Waals surface area contributed by atoms with Gasteiger partial charge in [-0.3, -0.25) is 9.48 Å². The third-order valence-electron chi connectivity index (χ3n) is 4.47. The second-order valence-corrected chi connectivity index (χ2v) is 6.92. The van der Waals surface area contributed by atoms with E-state index in [1.165, 1.54) is 11.8 Å². The lowest BCUT2D eigenvalue weighted by Gasteiger charge is -2.22. The molecule has 3 rings (SSSR count). The molecule has 3 N–H and O–H groups in total. The first-order valence-corrected chi connectivity index (χ1v) is 9.16. The minimum Gasteiger partial charge on any atom is -0.381 e. The number of carbonyl (C=O) groups excluding carboxylic acids is 1. The number of ether oxygens (including phenoxy) is 1. The summed E-state index contributed by atoms with van der Waals surface area (Å²) in [7, 11) is 0. The number of hydrogen-bond donors (Lipinski definition) is 2. The molecule has 1 saturated heterocycles. The number of nitrogens with zero attached hydrogens (tertiary/aromatic N) is 4. The number of amides is 1. The Labute approximate surface area is 158 Å².